The summed E-state index contributed by atoms with van der Waals surface area (Å²) in [6.07, 6.45) is 0. The number of carbonyl (C=O) groups excluding carboxylic acids is 1. The quantitative estimate of drug-likeness (QED) is 0.367. The molecule has 4 aromatic rings. The van der Waals surface area contributed by atoms with Crippen molar-refractivity contribution in [2.24, 2.45) is 0 Å². The number of amides is 1. The Bertz CT molecular complexity index is 1250. The Kier molecular flexibility index (Phi) is 6.44. The third-order valence-corrected chi connectivity index (χ3v) is 5.46. The van der Waals surface area contributed by atoms with E-state index in [0.717, 1.165) is 22.6 Å². The number of nitrogens with zero attached hydrogens (tertiary/aromatic N) is 3. The van der Waals surface area contributed by atoms with Crippen LogP contribution in [0, 0.1) is 6.92 Å². The van der Waals surface area contributed by atoms with E-state index in [9.17, 15) is 4.79 Å². The summed E-state index contributed by atoms with van der Waals surface area (Å²) < 4.78 is 7.06. The van der Waals surface area contributed by atoms with Crippen molar-refractivity contribution in [3.63, 3.8) is 0 Å². The maximum absolute atomic E-state index is 12.9. The van der Waals surface area contributed by atoms with E-state index in [2.05, 4.69) is 15.4 Å². The Balaban J connectivity index is 1.72. The van der Waals surface area contributed by atoms with Gasteiger partial charge in [0.25, 0.3) is 5.91 Å². The van der Waals surface area contributed by atoms with Crippen molar-refractivity contribution >= 4 is 34.8 Å². The molecule has 1 amide bonds. The maximum Gasteiger partial charge on any atom is 0.295 e. The van der Waals surface area contributed by atoms with E-state index in [1.807, 2.05) is 38.1 Å². The molecule has 0 saturated heterocycles. The van der Waals surface area contributed by atoms with Gasteiger partial charge in [-0.25, -0.2) is 9.67 Å². The van der Waals surface area contributed by atoms with Crippen molar-refractivity contribution in [1.82, 2.24) is 14.8 Å². The van der Waals surface area contributed by atoms with Crippen LogP contribution in [0.15, 0.2) is 66.7 Å². The lowest BCUT2D eigenvalue weighted by atomic mass is 10.1. The van der Waals surface area contributed by atoms with E-state index in [0.29, 0.717) is 28.2 Å². The van der Waals surface area contributed by atoms with Gasteiger partial charge in [0.2, 0.25) is 5.82 Å². The molecule has 0 aliphatic carbocycles. The largest absolute Gasteiger partial charge is 0.494 e. The summed E-state index contributed by atoms with van der Waals surface area (Å²) >= 11 is 12.4. The molecule has 0 atom stereocenters. The van der Waals surface area contributed by atoms with Crippen molar-refractivity contribution in [1.29, 1.82) is 0 Å². The first-order valence-electron chi connectivity index (χ1n) is 9.99. The van der Waals surface area contributed by atoms with Crippen molar-refractivity contribution in [3.8, 4) is 22.8 Å². The Morgan fingerprint density at radius 3 is 2.44 bits per heavy atom. The zero-order valence-corrected chi connectivity index (χ0v) is 19.0. The number of benzene rings is 3. The van der Waals surface area contributed by atoms with E-state index >= 15 is 0 Å². The number of rotatable bonds is 6. The molecular weight excluding hydrogens is 447 g/mol. The third-order valence-electron chi connectivity index (χ3n) is 4.80. The fourth-order valence-corrected chi connectivity index (χ4v) is 3.47. The summed E-state index contributed by atoms with van der Waals surface area (Å²) in [6, 6.07) is 19.8. The normalized spacial score (nSPS) is 10.8. The first-order valence-corrected chi connectivity index (χ1v) is 10.7. The van der Waals surface area contributed by atoms with E-state index in [4.69, 9.17) is 27.9 Å². The summed E-state index contributed by atoms with van der Waals surface area (Å²) in [5.74, 6) is 0.837. The van der Waals surface area contributed by atoms with E-state index in [1.54, 1.807) is 47.1 Å². The SMILES string of the molecule is CCOc1ccc(NC(=O)c2nc(-c3ccc(Cl)cc3)n(-c3cccc(Cl)c3C)n2)cc1. The molecule has 6 nitrogen and oxygen atoms in total. The Morgan fingerprint density at radius 2 is 1.75 bits per heavy atom. The molecule has 1 heterocycles. The second-order valence-corrected chi connectivity index (χ2v) is 7.82. The Morgan fingerprint density at radius 1 is 1.03 bits per heavy atom. The average molecular weight is 467 g/mol. The minimum absolute atomic E-state index is 0.0308. The molecule has 0 fully saturated rings. The molecule has 0 spiro atoms. The highest BCUT2D eigenvalue weighted by Gasteiger charge is 2.20. The van der Waals surface area contributed by atoms with Crippen LogP contribution in [0.3, 0.4) is 0 Å². The summed E-state index contributed by atoms with van der Waals surface area (Å²) in [5.41, 5.74) is 2.94. The first kappa shape index (κ1) is 21.9. The lowest BCUT2D eigenvalue weighted by Crippen LogP contribution is -2.14. The molecule has 0 saturated carbocycles. The zero-order chi connectivity index (χ0) is 22.7. The fourth-order valence-electron chi connectivity index (χ4n) is 3.18. The summed E-state index contributed by atoms with van der Waals surface area (Å²) in [4.78, 5) is 17.5. The summed E-state index contributed by atoms with van der Waals surface area (Å²) in [7, 11) is 0. The molecule has 0 aliphatic heterocycles. The lowest BCUT2D eigenvalue weighted by molar-refractivity contribution is 0.101. The second kappa shape index (κ2) is 9.42. The number of nitrogens with one attached hydrogen (secondary N) is 1. The van der Waals surface area contributed by atoms with Gasteiger partial charge in [-0.2, -0.15) is 0 Å². The lowest BCUT2D eigenvalue weighted by Gasteiger charge is -2.10. The zero-order valence-electron chi connectivity index (χ0n) is 17.5. The van der Waals surface area contributed by atoms with Crippen LogP contribution in [0.25, 0.3) is 17.1 Å². The van der Waals surface area contributed by atoms with Gasteiger partial charge in [-0.15, -0.1) is 5.10 Å². The molecule has 32 heavy (non-hydrogen) atoms. The van der Waals surface area contributed by atoms with Gasteiger partial charge in [0.05, 0.1) is 12.3 Å². The number of ether oxygens (including phenoxy) is 1. The average Bonchev–Trinajstić information content (AvgIpc) is 3.23. The van der Waals surface area contributed by atoms with Crippen molar-refractivity contribution in [2.75, 3.05) is 11.9 Å². The highest BCUT2D eigenvalue weighted by atomic mass is 35.5. The van der Waals surface area contributed by atoms with E-state index in [1.165, 1.54) is 0 Å². The molecule has 0 bridgehead atoms. The molecule has 0 aliphatic rings. The fraction of sp³-hybridized carbons (Fsp3) is 0.125. The molecule has 0 radical (unpaired) electrons. The number of carbonyl (C=O) groups is 1. The van der Waals surface area contributed by atoms with E-state index in [-0.39, 0.29) is 5.82 Å². The van der Waals surface area contributed by atoms with Crippen molar-refractivity contribution in [2.45, 2.75) is 13.8 Å². The Labute approximate surface area is 195 Å². The van der Waals surface area contributed by atoms with Crippen LogP contribution in [0.4, 0.5) is 5.69 Å². The smallest absolute Gasteiger partial charge is 0.295 e. The summed E-state index contributed by atoms with van der Waals surface area (Å²) in [5, 5.41) is 8.53. The monoisotopic (exact) mass is 466 g/mol. The van der Waals surface area contributed by atoms with E-state index < -0.39 is 5.91 Å². The number of halogens is 2. The van der Waals surface area contributed by atoms with Gasteiger partial charge in [0.1, 0.15) is 5.75 Å². The van der Waals surface area contributed by atoms with Crippen molar-refractivity contribution in [3.05, 3.63) is 88.2 Å². The number of hydrogen-bond acceptors (Lipinski definition) is 4. The van der Waals surface area contributed by atoms with Gasteiger partial charge in [0.15, 0.2) is 5.82 Å². The van der Waals surface area contributed by atoms with Gasteiger partial charge in [-0.05, 0) is 80.1 Å². The minimum atomic E-state index is -0.428. The molecule has 162 valence electrons. The highest BCUT2D eigenvalue weighted by molar-refractivity contribution is 6.31. The molecular formula is C24H20Cl2N4O2. The third kappa shape index (κ3) is 4.61. The molecule has 8 heteroatoms. The molecule has 4 rings (SSSR count). The molecule has 0 unspecified atom stereocenters. The molecule has 1 N–H and O–H groups in total. The first-order chi connectivity index (χ1) is 15.5. The van der Waals surface area contributed by atoms with Gasteiger partial charge >= 0.3 is 0 Å². The summed E-state index contributed by atoms with van der Waals surface area (Å²) in [6.45, 7) is 4.38. The Hall–Kier alpha value is -3.35. The van der Waals surface area contributed by atoms with Gasteiger partial charge in [-0.3, -0.25) is 4.79 Å². The minimum Gasteiger partial charge on any atom is -0.494 e. The number of hydrogen-bond donors (Lipinski definition) is 1. The van der Waals surface area contributed by atoms with Gasteiger partial charge < -0.3 is 10.1 Å². The molecule has 1 aromatic heterocycles. The maximum atomic E-state index is 12.9. The number of aromatic nitrogens is 3. The standard InChI is InChI=1S/C24H20Cl2N4O2/c1-3-32-19-13-11-18(12-14-19)27-24(31)22-28-23(16-7-9-17(25)10-8-16)30(29-22)21-6-4-5-20(26)15(21)2/h4-14H,3H2,1-2H3,(H,27,31). The van der Waals surface area contributed by atoms with Crippen LogP contribution >= 0.6 is 23.2 Å². The van der Waals surface area contributed by atoms with Crippen LogP contribution in [-0.2, 0) is 0 Å². The predicted octanol–water partition coefficient (Wildman–Crippen LogP) is 6.20. The predicted molar refractivity (Wildman–Crippen MR) is 127 cm³/mol. The van der Waals surface area contributed by atoms with Crippen LogP contribution in [0.2, 0.25) is 10.0 Å². The molecule has 3 aromatic carbocycles. The second-order valence-electron chi connectivity index (χ2n) is 6.97. The van der Waals surface area contributed by atoms with Crippen LogP contribution in [0.5, 0.6) is 5.75 Å². The van der Waals surface area contributed by atoms with Crippen molar-refractivity contribution < 1.29 is 9.53 Å². The van der Waals surface area contributed by atoms with Crippen LogP contribution < -0.4 is 10.1 Å². The van der Waals surface area contributed by atoms with Crippen LogP contribution in [0.1, 0.15) is 23.1 Å². The van der Waals surface area contributed by atoms with Gasteiger partial charge in [-0.1, -0.05) is 29.3 Å². The van der Waals surface area contributed by atoms with Gasteiger partial charge in [0, 0.05) is 21.3 Å². The number of anilines is 1. The topological polar surface area (TPSA) is 69.0 Å². The highest BCUT2D eigenvalue weighted by Crippen LogP contribution is 2.28. The van der Waals surface area contributed by atoms with Crippen LogP contribution in [-0.4, -0.2) is 27.3 Å².